The van der Waals surface area contributed by atoms with Crippen LogP contribution >= 0.6 is 0 Å². The monoisotopic (exact) mass is 191 g/mol. The largest absolute Gasteiger partial charge is 0.330 e. The Morgan fingerprint density at radius 1 is 1.43 bits per heavy atom. The lowest BCUT2D eigenvalue weighted by Gasteiger charge is -1.90. The molecule has 0 bridgehead atoms. The average molecular weight is 191 g/mol. The molecule has 2 heterocycles. The van der Waals surface area contributed by atoms with Gasteiger partial charge < -0.3 is 5.73 Å². The first-order valence-electron chi connectivity index (χ1n) is 4.56. The molecule has 0 aromatic carbocycles. The van der Waals surface area contributed by atoms with E-state index in [1.807, 2.05) is 13.0 Å². The van der Waals surface area contributed by atoms with Gasteiger partial charge in [-0.3, -0.25) is 10.2 Å². The molecule has 0 atom stereocenters. The lowest BCUT2D eigenvalue weighted by atomic mass is 10.2. The summed E-state index contributed by atoms with van der Waals surface area (Å²) < 4.78 is 0. The predicted molar refractivity (Wildman–Crippen MR) is 53.7 cm³/mol. The fourth-order valence-corrected chi connectivity index (χ4v) is 1.39. The molecular formula is C9H13N5. The molecule has 0 aliphatic heterocycles. The van der Waals surface area contributed by atoms with Gasteiger partial charge in [0.05, 0.1) is 11.9 Å². The van der Waals surface area contributed by atoms with Crippen LogP contribution in [-0.2, 0) is 6.42 Å². The van der Waals surface area contributed by atoms with E-state index in [1.165, 1.54) is 0 Å². The van der Waals surface area contributed by atoms with E-state index in [-0.39, 0.29) is 0 Å². The van der Waals surface area contributed by atoms with Crippen molar-refractivity contribution in [2.75, 3.05) is 6.54 Å². The van der Waals surface area contributed by atoms with Crippen LogP contribution in [0, 0.1) is 6.92 Å². The van der Waals surface area contributed by atoms with Crippen molar-refractivity contribution in [1.29, 1.82) is 0 Å². The van der Waals surface area contributed by atoms with Crippen LogP contribution in [0.4, 0.5) is 0 Å². The van der Waals surface area contributed by atoms with E-state index in [0.29, 0.717) is 6.54 Å². The van der Waals surface area contributed by atoms with Crippen LogP contribution in [0.5, 0.6) is 0 Å². The highest BCUT2D eigenvalue weighted by Crippen LogP contribution is 2.19. The van der Waals surface area contributed by atoms with Gasteiger partial charge in [-0.15, -0.1) is 0 Å². The maximum Gasteiger partial charge on any atom is 0.0957 e. The van der Waals surface area contributed by atoms with Crippen LogP contribution in [0.3, 0.4) is 0 Å². The van der Waals surface area contributed by atoms with Gasteiger partial charge in [0.25, 0.3) is 0 Å². The lowest BCUT2D eigenvalue weighted by Crippen LogP contribution is -2.02. The zero-order valence-corrected chi connectivity index (χ0v) is 8.04. The number of aromatic amines is 2. The molecular weight excluding hydrogens is 178 g/mol. The van der Waals surface area contributed by atoms with Crippen molar-refractivity contribution in [2.24, 2.45) is 5.73 Å². The second-order valence-electron chi connectivity index (χ2n) is 3.23. The number of nitrogens with zero attached hydrogens (tertiary/aromatic N) is 2. The van der Waals surface area contributed by atoms with Gasteiger partial charge in [-0.05, 0) is 19.5 Å². The number of rotatable bonds is 3. The average Bonchev–Trinajstić information content (AvgIpc) is 2.74. The zero-order chi connectivity index (χ0) is 9.97. The Bertz CT molecular complexity index is 414. The minimum atomic E-state index is 0.631. The van der Waals surface area contributed by atoms with E-state index in [0.717, 1.165) is 29.1 Å². The summed E-state index contributed by atoms with van der Waals surface area (Å²) in [7, 11) is 0. The smallest absolute Gasteiger partial charge is 0.0957 e. The number of aromatic nitrogens is 4. The number of nitrogens with two attached hydrogens (primary N) is 1. The van der Waals surface area contributed by atoms with Crippen molar-refractivity contribution < 1.29 is 0 Å². The van der Waals surface area contributed by atoms with E-state index in [1.54, 1.807) is 6.20 Å². The van der Waals surface area contributed by atoms with Gasteiger partial charge in [-0.2, -0.15) is 10.2 Å². The molecule has 0 radical (unpaired) electrons. The fraction of sp³-hybridized carbons (Fsp3) is 0.333. The van der Waals surface area contributed by atoms with Gasteiger partial charge in [0.15, 0.2) is 0 Å². The van der Waals surface area contributed by atoms with Crippen molar-refractivity contribution in [3.8, 4) is 11.3 Å². The third-order valence-electron chi connectivity index (χ3n) is 2.15. The molecule has 0 fully saturated rings. The molecule has 4 N–H and O–H groups in total. The molecule has 0 saturated heterocycles. The van der Waals surface area contributed by atoms with Gasteiger partial charge in [-0.25, -0.2) is 0 Å². The number of nitrogens with one attached hydrogen (secondary N) is 2. The minimum Gasteiger partial charge on any atom is -0.330 e. The first kappa shape index (κ1) is 8.96. The van der Waals surface area contributed by atoms with Crippen LogP contribution in [0.15, 0.2) is 12.3 Å². The maximum atomic E-state index is 5.45. The molecule has 74 valence electrons. The van der Waals surface area contributed by atoms with Crippen molar-refractivity contribution >= 4 is 0 Å². The van der Waals surface area contributed by atoms with Gasteiger partial charge in [0.1, 0.15) is 0 Å². The second kappa shape index (κ2) is 3.63. The normalized spacial score (nSPS) is 10.7. The standard InChI is InChI=1S/C9H13N5/c1-6-8(5-11-12-6)9-4-7(2-3-10)13-14-9/h4-5H,2-3,10H2,1H3,(H,11,12)(H,13,14). The quantitative estimate of drug-likeness (QED) is 0.664. The molecule has 0 saturated carbocycles. The van der Waals surface area contributed by atoms with Gasteiger partial charge in [-0.1, -0.05) is 0 Å². The first-order valence-corrected chi connectivity index (χ1v) is 4.56. The van der Waals surface area contributed by atoms with Crippen molar-refractivity contribution in [3.63, 3.8) is 0 Å². The predicted octanol–water partition coefficient (Wildman–Crippen LogP) is 0.609. The topological polar surface area (TPSA) is 83.4 Å². The zero-order valence-electron chi connectivity index (χ0n) is 8.04. The Balaban J connectivity index is 2.29. The summed E-state index contributed by atoms with van der Waals surface area (Å²) in [5, 5.41) is 14.0. The summed E-state index contributed by atoms with van der Waals surface area (Å²) >= 11 is 0. The Morgan fingerprint density at radius 2 is 2.29 bits per heavy atom. The Labute approximate surface area is 81.7 Å². The van der Waals surface area contributed by atoms with E-state index in [4.69, 9.17) is 5.73 Å². The number of hydrogen-bond donors (Lipinski definition) is 3. The van der Waals surface area contributed by atoms with Gasteiger partial charge >= 0.3 is 0 Å². The molecule has 0 amide bonds. The highest BCUT2D eigenvalue weighted by molar-refractivity contribution is 5.60. The molecule has 5 heteroatoms. The van der Waals surface area contributed by atoms with Crippen molar-refractivity contribution in [1.82, 2.24) is 20.4 Å². The summed E-state index contributed by atoms with van der Waals surface area (Å²) in [5.41, 5.74) is 9.48. The molecule has 2 aromatic heterocycles. The van der Waals surface area contributed by atoms with E-state index in [2.05, 4.69) is 20.4 Å². The van der Waals surface area contributed by atoms with Crippen molar-refractivity contribution in [3.05, 3.63) is 23.7 Å². The van der Waals surface area contributed by atoms with Crippen LogP contribution < -0.4 is 5.73 Å². The fourth-order valence-electron chi connectivity index (χ4n) is 1.39. The Kier molecular flexibility index (Phi) is 2.32. The van der Waals surface area contributed by atoms with E-state index >= 15 is 0 Å². The number of hydrogen-bond acceptors (Lipinski definition) is 3. The van der Waals surface area contributed by atoms with Crippen LogP contribution in [-0.4, -0.2) is 26.9 Å². The Hall–Kier alpha value is -1.62. The summed E-state index contributed by atoms with van der Waals surface area (Å²) in [4.78, 5) is 0. The Morgan fingerprint density at radius 3 is 2.93 bits per heavy atom. The van der Waals surface area contributed by atoms with Gasteiger partial charge in [0.2, 0.25) is 0 Å². The van der Waals surface area contributed by atoms with Crippen molar-refractivity contribution in [2.45, 2.75) is 13.3 Å². The SMILES string of the molecule is Cc1[nH]ncc1-c1cc(CCN)[nH]n1. The van der Waals surface area contributed by atoms with Crippen LogP contribution in [0.25, 0.3) is 11.3 Å². The van der Waals surface area contributed by atoms with E-state index in [9.17, 15) is 0 Å². The highest BCUT2D eigenvalue weighted by Gasteiger charge is 2.07. The molecule has 0 aliphatic carbocycles. The first-order chi connectivity index (χ1) is 6.81. The summed E-state index contributed by atoms with van der Waals surface area (Å²) in [6, 6.07) is 2.00. The number of aryl methyl sites for hydroxylation is 1. The third kappa shape index (κ3) is 1.54. The highest BCUT2D eigenvalue weighted by atomic mass is 15.1. The van der Waals surface area contributed by atoms with E-state index < -0.39 is 0 Å². The summed E-state index contributed by atoms with van der Waals surface area (Å²) in [5.74, 6) is 0. The molecule has 0 spiro atoms. The van der Waals surface area contributed by atoms with Crippen LogP contribution in [0.1, 0.15) is 11.4 Å². The molecule has 0 aliphatic rings. The van der Waals surface area contributed by atoms with Gasteiger partial charge in [0, 0.05) is 23.4 Å². The molecule has 5 nitrogen and oxygen atoms in total. The number of H-pyrrole nitrogens is 2. The minimum absolute atomic E-state index is 0.631. The summed E-state index contributed by atoms with van der Waals surface area (Å²) in [6.07, 6.45) is 2.60. The summed E-state index contributed by atoms with van der Waals surface area (Å²) in [6.45, 7) is 2.60. The lowest BCUT2D eigenvalue weighted by molar-refractivity contribution is 0.902. The third-order valence-corrected chi connectivity index (χ3v) is 2.15. The molecule has 0 unspecified atom stereocenters. The molecule has 2 aromatic rings. The molecule has 2 rings (SSSR count). The van der Waals surface area contributed by atoms with Crippen LogP contribution in [0.2, 0.25) is 0 Å². The maximum absolute atomic E-state index is 5.45. The molecule has 14 heavy (non-hydrogen) atoms. The second-order valence-corrected chi connectivity index (χ2v) is 3.23.